The molecule has 154 valence electrons. The summed E-state index contributed by atoms with van der Waals surface area (Å²) >= 11 is 3.24. The number of rotatable bonds is 6. The van der Waals surface area contributed by atoms with Crippen LogP contribution in [0.15, 0.2) is 65.1 Å². The third kappa shape index (κ3) is 4.77. The van der Waals surface area contributed by atoms with Crippen LogP contribution in [-0.2, 0) is 0 Å². The van der Waals surface area contributed by atoms with Gasteiger partial charge in [-0.3, -0.25) is 9.59 Å². The molecule has 8 heteroatoms. The van der Waals surface area contributed by atoms with Crippen molar-refractivity contribution in [2.75, 3.05) is 24.9 Å². The molecule has 0 atom stereocenters. The standard InChI is InChI=1S/C22H18BrFN2O4/c1-29-19-12-18(26-22(28)15-10-14(24)8-9-16(15)23)20(30-2)11-17(19)25-21(27)13-6-4-3-5-7-13/h3-12H,1-2H3,(H,25,27)(H,26,28). The number of hydrogen-bond donors (Lipinski definition) is 2. The fraction of sp³-hybridized carbons (Fsp3) is 0.0909. The maximum Gasteiger partial charge on any atom is 0.257 e. The lowest BCUT2D eigenvalue weighted by molar-refractivity contribution is 0.101. The number of ether oxygens (including phenoxy) is 2. The van der Waals surface area contributed by atoms with Crippen LogP contribution >= 0.6 is 15.9 Å². The molecule has 0 saturated carbocycles. The van der Waals surface area contributed by atoms with Crippen molar-refractivity contribution in [2.45, 2.75) is 0 Å². The van der Waals surface area contributed by atoms with Crippen molar-refractivity contribution < 1.29 is 23.5 Å². The summed E-state index contributed by atoms with van der Waals surface area (Å²) in [7, 11) is 2.87. The lowest BCUT2D eigenvalue weighted by Crippen LogP contribution is -2.15. The van der Waals surface area contributed by atoms with Gasteiger partial charge >= 0.3 is 0 Å². The molecule has 2 N–H and O–H groups in total. The highest BCUT2D eigenvalue weighted by atomic mass is 79.9. The van der Waals surface area contributed by atoms with Gasteiger partial charge in [0.25, 0.3) is 11.8 Å². The summed E-state index contributed by atoms with van der Waals surface area (Å²) in [4.78, 5) is 25.1. The van der Waals surface area contributed by atoms with Crippen LogP contribution in [0.2, 0.25) is 0 Å². The zero-order valence-corrected chi connectivity index (χ0v) is 17.7. The molecule has 0 aliphatic carbocycles. The SMILES string of the molecule is COc1cc(NC(=O)c2cc(F)ccc2Br)c(OC)cc1NC(=O)c1ccccc1. The normalized spacial score (nSPS) is 10.3. The molecule has 0 radical (unpaired) electrons. The van der Waals surface area contributed by atoms with E-state index in [4.69, 9.17) is 9.47 Å². The maximum absolute atomic E-state index is 13.5. The number of nitrogens with one attached hydrogen (secondary N) is 2. The van der Waals surface area contributed by atoms with Crippen LogP contribution in [0.4, 0.5) is 15.8 Å². The second kappa shape index (κ2) is 9.41. The molecule has 0 saturated heterocycles. The molecule has 0 aromatic heterocycles. The number of hydrogen-bond acceptors (Lipinski definition) is 4. The quantitative estimate of drug-likeness (QED) is 0.522. The minimum Gasteiger partial charge on any atom is -0.494 e. The first kappa shape index (κ1) is 21.3. The van der Waals surface area contributed by atoms with E-state index in [1.807, 2.05) is 6.07 Å². The first-order valence-electron chi connectivity index (χ1n) is 8.81. The largest absolute Gasteiger partial charge is 0.494 e. The number of carbonyl (C=O) groups excluding carboxylic acids is 2. The van der Waals surface area contributed by atoms with E-state index in [9.17, 15) is 14.0 Å². The lowest BCUT2D eigenvalue weighted by Gasteiger charge is -2.16. The highest BCUT2D eigenvalue weighted by Gasteiger charge is 2.18. The molecule has 30 heavy (non-hydrogen) atoms. The Kier molecular flexibility index (Phi) is 6.68. The summed E-state index contributed by atoms with van der Waals surface area (Å²) in [6.07, 6.45) is 0. The molecule has 6 nitrogen and oxygen atoms in total. The summed E-state index contributed by atoms with van der Waals surface area (Å²) < 4.78 is 24.7. The first-order valence-corrected chi connectivity index (χ1v) is 9.61. The average Bonchev–Trinajstić information content (AvgIpc) is 2.76. The molecule has 0 aliphatic rings. The number of benzene rings is 3. The highest BCUT2D eigenvalue weighted by molar-refractivity contribution is 9.10. The number of carbonyl (C=O) groups is 2. The van der Waals surface area contributed by atoms with E-state index in [0.717, 1.165) is 6.07 Å². The van der Waals surface area contributed by atoms with Crippen molar-refractivity contribution in [1.29, 1.82) is 0 Å². The number of amides is 2. The van der Waals surface area contributed by atoms with Crippen molar-refractivity contribution in [3.05, 3.63) is 82.1 Å². The molecule has 2 amide bonds. The molecule has 0 unspecified atom stereocenters. The number of anilines is 2. The van der Waals surface area contributed by atoms with Gasteiger partial charge in [-0.2, -0.15) is 0 Å². The third-order valence-corrected chi connectivity index (χ3v) is 4.92. The van der Waals surface area contributed by atoms with Crippen molar-refractivity contribution in [3.63, 3.8) is 0 Å². The van der Waals surface area contributed by atoms with Gasteiger partial charge in [0.1, 0.15) is 17.3 Å². The summed E-state index contributed by atoms with van der Waals surface area (Å²) in [5.74, 6) is -0.792. The van der Waals surface area contributed by atoms with Crippen LogP contribution in [0.1, 0.15) is 20.7 Å². The Hall–Kier alpha value is -3.39. The molecule has 0 spiro atoms. The molecular weight excluding hydrogens is 455 g/mol. The third-order valence-electron chi connectivity index (χ3n) is 4.23. The summed E-state index contributed by atoms with van der Waals surface area (Å²) in [5, 5.41) is 5.45. The van der Waals surface area contributed by atoms with E-state index in [2.05, 4.69) is 26.6 Å². The minimum atomic E-state index is -0.539. The van der Waals surface area contributed by atoms with Gasteiger partial charge < -0.3 is 20.1 Å². The van der Waals surface area contributed by atoms with Crippen LogP contribution in [-0.4, -0.2) is 26.0 Å². The van der Waals surface area contributed by atoms with Gasteiger partial charge in [-0.05, 0) is 46.3 Å². The fourth-order valence-electron chi connectivity index (χ4n) is 2.74. The summed E-state index contributed by atoms with van der Waals surface area (Å²) in [6.45, 7) is 0. The predicted molar refractivity (Wildman–Crippen MR) is 116 cm³/mol. The number of methoxy groups -OCH3 is 2. The maximum atomic E-state index is 13.5. The second-order valence-corrected chi connectivity index (χ2v) is 7.01. The zero-order chi connectivity index (χ0) is 21.7. The van der Waals surface area contributed by atoms with Gasteiger partial charge in [0.2, 0.25) is 0 Å². The lowest BCUT2D eigenvalue weighted by atomic mass is 10.1. The van der Waals surface area contributed by atoms with Gasteiger partial charge in [-0.15, -0.1) is 0 Å². The summed E-state index contributed by atoms with van der Waals surface area (Å²) in [6, 6.07) is 15.6. The van der Waals surface area contributed by atoms with E-state index in [1.54, 1.807) is 24.3 Å². The average molecular weight is 473 g/mol. The summed E-state index contributed by atoms with van der Waals surface area (Å²) in [5.41, 5.74) is 1.27. The van der Waals surface area contributed by atoms with Crippen LogP contribution < -0.4 is 20.1 Å². The molecule has 3 aromatic carbocycles. The Morgan fingerprint density at radius 3 is 1.97 bits per heavy atom. The molecule has 3 aromatic rings. The monoisotopic (exact) mass is 472 g/mol. The topological polar surface area (TPSA) is 76.7 Å². The first-order chi connectivity index (χ1) is 14.4. The molecule has 3 rings (SSSR count). The Bertz CT molecular complexity index is 1090. The Labute approximate surface area is 181 Å². The van der Waals surface area contributed by atoms with Gasteiger partial charge in [0.15, 0.2) is 0 Å². The van der Waals surface area contributed by atoms with Crippen molar-refractivity contribution in [2.24, 2.45) is 0 Å². The fourth-order valence-corrected chi connectivity index (χ4v) is 3.16. The smallest absolute Gasteiger partial charge is 0.257 e. The molecule has 0 bridgehead atoms. The second-order valence-electron chi connectivity index (χ2n) is 6.15. The van der Waals surface area contributed by atoms with E-state index in [-0.39, 0.29) is 11.5 Å². The molecule has 0 heterocycles. The van der Waals surface area contributed by atoms with Crippen molar-refractivity contribution in [3.8, 4) is 11.5 Å². The van der Waals surface area contributed by atoms with Crippen LogP contribution in [0.5, 0.6) is 11.5 Å². The van der Waals surface area contributed by atoms with Crippen molar-refractivity contribution >= 4 is 39.1 Å². The van der Waals surface area contributed by atoms with Crippen LogP contribution in [0, 0.1) is 5.82 Å². The Morgan fingerprint density at radius 1 is 0.833 bits per heavy atom. The van der Waals surface area contributed by atoms with Gasteiger partial charge in [0.05, 0.1) is 31.2 Å². The van der Waals surface area contributed by atoms with E-state index < -0.39 is 11.7 Å². The molecular formula is C22H18BrFN2O4. The van der Waals surface area contributed by atoms with Crippen LogP contribution in [0.25, 0.3) is 0 Å². The number of halogens is 2. The molecule has 0 fully saturated rings. The highest BCUT2D eigenvalue weighted by Crippen LogP contribution is 2.37. The Balaban J connectivity index is 1.90. The van der Waals surface area contributed by atoms with E-state index in [1.165, 1.54) is 38.5 Å². The van der Waals surface area contributed by atoms with Crippen LogP contribution in [0.3, 0.4) is 0 Å². The Morgan fingerprint density at radius 2 is 1.40 bits per heavy atom. The van der Waals surface area contributed by atoms with Gasteiger partial charge in [0, 0.05) is 22.2 Å². The van der Waals surface area contributed by atoms with E-state index in [0.29, 0.717) is 32.9 Å². The van der Waals surface area contributed by atoms with Gasteiger partial charge in [-0.1, -0.05) is 18.2 Å². The zero-order valence-electron chi connectivity index (χ0n) is 16.2. The van der Waals surface area contributed by atoms with Crippen molar-refractivity contribution in [1.82, 2.24) is 0 Å². The molecule has 0 aliphatic heterocycles. The predicted octanol–water partition coefficient (Wildman–Crippen LogP) is 5.11. The minimum absolute atomic E-state index is 0.123. The van der Waals surface area contributed by atoms with E-state index >= 15 is 0 Å². The van der Waals surface area contributed by atoms with Gasteiger partial charge in [-0.25, -0.2) is 4.39 Å².